The molecular formula is C28H31N3O4. The van der Waals surface area contributed by atoms with E-state index in [0.29, 0.717) is 26.4 Å². The van der Waals surface area contributed by atoms with Gasteiger partial charge in [-0.3, -0.25) is 0 Å². The SMILES string of the molecule is CC1OC(COCc2ccccc2)C(OCc2ccccc2)C(OCc2ccccc2)C1N=[N+]=[N-]. The molecule has 35 heavy (non-hydrogen) atoms. The number of benzene rings is 3. The van der Waals surface area contributed by atoms with E-state index in [-0.39, 0.29) is 12.2 Å². The number of hydrogen-bond acceptors (Lipinski definition) is 5. The van der Waals surface area contributed by atoms with Crippen molar-refractivity contribution in [1.82, 2.24) is 0 Å². The van der Waals surface area contributed by atoms with Gasteiger partial charge in [-0.05, 0) is 29.1 Å². The zero-order valence-corrected chi connectivity index (χ0v) is 19.9. The maximum Gasteiger partial charge on any atom is 0.113 e. The molecule has 0 aliphatic carbocycles. The summed E-state index contributed by atoms with van der Waals surface area (Å²) >= 11 is 0. The summed E-state index contributed by atoms with van der Waals surface area (Å²) in [5, 5.41) is 4.04. The third-order valence-corrected chi connectivity index (χ3v) is 6.05. The molecule has 7 nitrogen and oxygen atoms in total. The van der Waals surface area contributed by atoms with E-state index in [0.717, 1.165) is 16.7 Å². The van der Waals surface area contributed by atoms with Crippen molar-refractivity contribution in [3.05, 3.63) is 118 Å². The minimum atomic E-state index is -0.533. The van der Waals surface area contributed by atoms with E-state index in [2.05, 4.69) is 10.0 Å². The minimum absolute atomic E-state index is 0.326. The summed E-state index contributed by atoms with van der Waals surface area (Å²) in [6, 6.07) is 29.3. The lowest BCUT2D eigenvalue weighted by atomic mass is 9.93. The molecule has 3 aromatic carbocycles. The second-order valence-corrected chi connectivity index (χ2v) is 8.60. The van der Waals surface area contributed by atoms with Crippen LogP contribution in [0, 0.1) is 0 Å². The monoisotopic (exact) mass is 473 g/mol. The Balaban J connectivity index is 1.52. The highest BCUT2D eigenvalue weighted by atomic mass is 16.6. The molecule has 0 amide bonds. The predicted octanol–water partition coefficient (Wildman–Crippen LogP) is 5.84. The molecule has 0 spiro atoms. The summed E-state index contributed by atoms with van der Waals surface area (Å²) in [4.78, 5) is 3.07. The van der Waals surface area contributed by atoms with Crippen molar-refractivity contribution in [3.8, 4) is 0 Å². The van der Waals surface area contributed by atoms with Crippen LogP contribution in [-0.4, -0.2) is 37.1 Å². The molecule has 7 heteroatoms. The van der Waals surface area contributed by atoms with Gasteiger partial charge in [0, 0.05) is 4.91 Å². The number of azide groups is 1. The smallest absolute Gasteiger partial charge is 0.113 e. The number of ether oxygens (including phenoxy) is 4. The van der Waals surface area contributed by atoms with Crippen LogP contribution in [0.2, 0.25) is 0 Å². The lowest BCUT2D eigenvalue weighted by Gasteiger charge is -2.44. The Morgan fingerprint density at radius 3 is 1.74 bits per heavy atom. The average Bonchev–Trinajstić information content (AvgIpc) is 2.90. The Hall–Kier alpha value is -3.19. The lowest BCUT2D eigenvalue weighted by molar-refractivity contribution is -0.224. The minimum Gasteiger partial charge on any atom is -0.374 e. The standard InChI is InChI=1S/C28H31N3O4/c1-21-26(30-31-29)28(34-19-24-15-9-4-10-16-24)27(33-18-23-13-7-3-8-14-23)25(35-21)20-32-17-22-11-5-2-6-12-22/h2-16,21,25-28H,17-20H2,1H3. The molecule has 5 unspecified atom stereocenters. The van der Waals surface area contributed by atoms with Crippen LogP contribution in [-0.2, 0) is 38.8 Å². The van der Waals surface area contributed by atoms with Gasteiger partial charge in [0.2, 0.25) is 0 Å². The van der Waals surface area contributed by atoms with Gasteiger partial charge in [0.05, 0.1) is 44.7 Å². The van der Waals surface area contributed by atoms with Crippen molar-refractivity contribution in [2.45, 2.75) is 57.2 Å². The summed E-state index contributed by atoms with van der Waals surface area (Å²) < 4.78 is 25.1. The van der Waals surface area contributed by atoms with Crippen molar-refractivity contribution in [2.75, 3.05) is 6.61 Å². The van der Waals surface area contributed by atoms with Crippen LogP contribution in [0.1, 0.15) is 23.6 Å². The van der Waals surface area contributed by atoms with Gasteiger partial charge in [-0.25, -0.2) is 0 Å². The number of nitrogens with zero attached hydrogens (tertiary/aromatic N) is 3. The van der Waals surface area contributed by atoms with Crippen LogP contribution < -0.4 is 0 Å². The number of rotatable bonds is 11. The summed E-state index contributed by atoms with van der Waals surface area (Å²) in [6.45, 7) is 3.45. The fraction of sp³-hybridized carbons (Fsp3) is 0.357. The zero-order valence-electron chi connectivity index (χ0n) is 19.9. The highest BCUT2D eigenvalue weighted by molar-refractivity contribution is 5.15. The molecule has 0 radical (unpaired) electrons. The topological polar surface area (TPSA) is 85.7 Å². The first-order valence-corrected chi connectivity index (χ1v) is 11.9. The Morgan fingerprint density at radius 2 is 1.23 bits per heavy atom. The van der Waals surface area contributed by atoms with Gasteiger partial charge in [0.1, 0.15) is 12.2 Å². The van der Waals surface area contributed by atoms with Crippen LogP contribution in [0.3, 0.4) is 0 Å². The molecule has 1 fully saturated rings. The molecule has 0 aromatic heterocycles. The Bertz CT molecular complexity index is 1060. The summed E-state index contributed by atoms with van der Waals surface area (Å²) in [7, 11) is 0. The van der Waals surface area contributed by atoms with Crippen molar-refractivity contribution in [2.24, 2.45) is 5.11 Å². The van der Waals surface area contributed by atoms with Crippen molar-refractivity contribution in [1.29, 1.82) is 0 Å². The largest absolute Gasteiger partial charge is 0.374 e. The fourth-order valence-electron chi connectivity index (χ4n) is 4.26. The van der Waals surface area contributed by atoms with E-state index in [1.165, 1.54) is 0 Å². The maximum absolute atomic E-state index is 9.25. The highest BCUT2D eigenvalue weighted by Crippen LogP contribution is 2.30. The van der Waals surface area contributed by atoms with Crippen molar-refractivity contribution >= 4 is 0 Å². The van der Waals surface area contributed by atoms with Crippen LogP contribution in [0.4, 0.5) is 0 Å². The molecule has 0 bridgehead atoms. The second-order valence-electron chi connectivity index (χ2n) is 8.60. The molecule has 3 aromatic rings. The van der Waals surface area contributed by atoms with Gasteiger partial charge in [0.15, 0.2) is 0 Å². The molecule has 1 aliphatic rings. The van der Waals surface area contributed by atoms with E-state index < -0.39 is 18.2 Å². The molecule has 4 rings (SSSR count). The predicted molar refractivity (Wildman–Crippen MR) is 133 cm³/mol. The van der Waals surface area contributed by atoms with Gasteiger partial charge >= 0.3 is 0 Å². The van der Waals surface area contributed by atoms with Crippen LogP contribution >= 0.6 is 0 Å². The molecule has 1 saturated heterocycles. The third-order valence-electron chi connectivity index (χ3n) is 6.05. The molecule has 1 aliphatic heterocycles. The van der Waals surface area contributed by atoms with Gasteiger partial charge < -0.3 is 18.9 Å². The second kappa shape index (κ2) is 13.0. The Kier molecular flexibility index (Phi) is 9.29. The first-order chi connectivity index (χ1) is 17.2. The van der Waals surface area contributed by atoms with Crippen LogP contribution in [0.5, 0.6) is 0 Å². The van der Waals surface area contributed by atoms with Crippen molar-refractivity contribution < 1.29 is 18.9 Å². The van der Waals surface area contributed by atoms with Gasteiger partial charge in [-0.15, -0.1) is 0 Å². The van der Waals surface area contributed by atoms with E-state index in [4.69, 9.17) is 18.9 Å². The van der Waals surface area contributed by atoms with Crippen LogP contribution in [0.25, 0.3) is 10.4 Å². The normalized spacial score (nSPS) is 24.0. The molecule has 1 heterocycles. The Morgan fingerprint density at radius 1 is 0.743 bits per heavy atom. The highest BCUT2D eigenvalue weighted by Gasteiger charge is 2.45. The molecule has 0 saturated carbocycles. The average molecular weight is 474 g/mol. The summed E-state index contributed by atoms with van der Waals surface area (Å²) in [5.74, 6) is 0. The summed E-state index contributed by atoms with van der Waals surface area (Å²) in [6.07, 6.45) is -1.72. The zero-order chi connectivity index (χ0) is 24.3. The van der Waals surface area contributed by atoms with Crippen LogP contribution in [0.15, 0.2) is 96.1 Å². The van der Waals surface area contributed by atoms with Gasteiger partial charge in [-0.2, -0.15) is 0 Å². The summed E-state index contributed by atoms with van der Waals surface area (Å²) in [5.41, 5.74) is 12.4. The molecular weight excluding hydrogens is 442 g/mol. The number of hydrogen-bond donors (Lipinski definition) is 0. The first kappa shape index (κ1) is 24.9. The molecule has 182 valence electrons. The lowest BCUT2D eigenvalue weighted by Crippen LogP contribution is -2.59. The molecule has 5 atom stereocenters. The van der Waals surface area contributed by atoms with E-state index in [1.54, 1.807) is 0 Å². The fourth-order valence-corrected chi connectivity index (χ4v) is 4.26. The Labute approximate surface area is 206 Å². The van der Waals surface area contributed by atoms with E-state index >= 15 is 0 Å². The third kappa shape index (κ3) is 7.15. The van der Waals surface area contributed by atoms with Gasteiger partial charge in [-0.1, -0.05) is 96.1 Å². The first-order valence-electron chi connectivity index (χ1n) is 11.9. The van der Waals surface area contributed by atoms with E-state index in [1.807, 2.05) is 97.9 Å². The maximum atomic E-state index is 9.25. The van der Waals surface area contributed by atoms with E-state index in [9.17, 15) is 5.53 Å². The molecule has 0 N–H and O–H groups in total. The van der Waals surface area contributed by atoms with Crippen molar-refractivity contribution in [3.63, 3.8) is 0 Å². The quantitative estimate of drug-likeness (QED) is 0.199. The van der Waals surface area contributed by atoms with Gasteiger partial charge in [0.25, 0.3) is 0 Å².